The average molecular weight is 408 g/mol. The molecule has 0 bridgehead atoms. The Morgan fingerprint density at radius 3 is 2.55 bits per heavy atom. The number of nitriles is 1. The normalized spacial score (nSPS) is 10.7. The average Bonchev–Trinajstić information content (AvgIpc) is 3.22. The highest BCUT2D eigenvalue weighted by atomic mass is 32.1. The molecule has 0 aliphatic heterocycles. The first-order valence-electron chi connectivity index (χ1n) is 9.37. The predicted molar refractivity (Wildman–Crippen MR) is 113 cm³/mol. The quantitative estimate of drug-likeness (QED) is 0.581. The van der Waals surface area contributed by atoms with Crippen LogP contribution < -0.4 is 5.32 Å². The van der Waals surface area contributed by atoms with Gasteiger partial charge in [-0.05, 0) is 53.3 Å². The second-order valence-corrected chi connectivity index (χ2v) is 7.80. The van der Waals surface area contributed by atoms with E-state index in [0.29, 0.717) is 25.2 Å². The van der Waals surface area contributed by atoms with E-state index in [1.807, 2.05) is 34.5 Å². The zero-order valence-electron chi connectivity index (χ0n) is 16.0. The minimum Gasteiger partial charge on any atom is -0.355 e. The van der Waals surface area contributed by atoms with Crippen LogP contribution in [-0.2, 0) is 24.3 Å². The van der Waals surface area contributed by atoms with Gasteiger partial charge in [0.1, 0.15) is 5.82 Å². The maximum Gasteiger partial charge on any atom is 0.234 e. The molecule has 0 unspecified atom stereocenters. The van der Waals surface area contributed by atoms with Crippen LogP contribution in [0.25, 0.3) is 0 Å². The van der Waals surface area contributed by atoms with Gasteiger partial charge in [-0.2, -0.15) is 5.26 Å². The minimum absolute atomic E-state index is 0.0633. The van der Waals surface area contributed by atoms with E-state index in [9.17, 15) is 9.18 Å². The number of nitrogens with zero attached hydrogens (tertiary/aromatic N) is 2. The first kappa shape index (κ1) is 20.7. The Morgan fingerprint density at radius 2 is 1.86 bits per heavy atom. The molecule has 0 saturated heterocycles. The number of amides is 1. The van der Waals surface area contributed by atoms with Crippen LogP contribution in [0, 0.1) is 17.1 Å². The van der Waals surface area contributed by atoms with E-state index in [1.165, 1.54) is 17.0 Å². The number of hydrogen-bond donors (Lipinski definition) is 1. The van der Waals surface area contributed by atoms with Crippen LogP contribution in [0.3, 0.4) is 0 Å². The van der Waals surface area contributed by atoms with E-state index in [2.05, 4.69) is 17.5 Å². The third-order valence-corrected chi connectivity index (χ3v) is 5.36. The largest absolute Gasteiger partial charge is 0.355 e. The predicted octanol–water partition coefficient (Wildman–Crippen LogP) is 4.12. The van der Waals surface area contributed by atoms with Gasteiger partial charge in [0.05, 0.1) is 18.2 Å². The summed E-state index contributed by atoms with van der Waals surface area (Å²) in [7, 11) is 0. The molecule has 2 aromatic carbocycles. The van der Waals surface area contributed by atoms with E-state index < -0.39 is 0 Å². The minimum atomic E-state index is -0.291. The van der Waals surface area contributed by atoms with Crippen LogP contribution >= 0.6 is 11.3 Å². The molecule has 1 amide bonds. The Morgan fingerprint density at radius 1 is 1.07 bits per heavy atom. The van der Waals surface area contributed by atoms with Crippen LogP contribution in [0.5, 0.6) is 0 Å². The number of rotatable bonds is 9. The standard InChI is InChI=1S/C23H22FN3OS/c24-21-4-1-3-20(13-21)16-27(15-19-8-6-18(14-25)7-9-19)17-23(28)26-11-10-22-5-2-12-29-22/h1-9,12-13H,10-11,15-17H2,(H,26,28). The van der Waals surface area contributed by atoms with E-state index in [0.717, 1.165) is 17.5 Å². The number of thiophene rings is 1. The van der Waals surface area contributed by atoms with Gasteiger partial charge in [0.2, 0.25) is 5.91 Å². The van der Waals surface area contributed by atoms with Crippen molar-refractivity contribution in [3.8, 4) is 6.07 Å². The molecule has 0 fully saturated rings. The van der Waals surface area contributed by atoms with E-state index >= 15 is 0 Å². The van der Waals surface area contributed by atoms with E-state index in [1.54, 1.807) is 29.5 Å². The van der Waals surface area contributed by atoms with Gasteiger partial charge in [0.15, 0.2) is 0 Å². The monoisotopic (exact) mass is 407 g/mol. The lowest BCUT2D eigenvalue weighted by molar-refractivity contribution is -0.122. The second-order valence-electron chi connectivity index (χ2n) is 6.76. The van der Waals surface area contributed by atoms with E-state index in [4.69, 9.17) is 5.26 Å². The van der Waals surface area contributed by atoms with Gasteiger partial charge in [-0.15, -0.1) is 11.3 Å². The summed E-state index contributed by atoms with van der Waals surface area (Å²) in [5.41, 5.74) is 2.40. The van der Waals surface area contributed by atoms with Gasteiger partial charge in [-0.1, -0.05) is 30.3 Å². The van der Waals surface area contributed by atoms with Gasteiger partial charge < -0.3 is 5.32 Å². The molecule has 0 saturated carbocycles. The summed E-state index contributed by atoms with van der Waals surface area (Å²) >= 11 is 1.68. The fourth-order valence-electron chi connectivity index (χ4n) is 3.04. The molecule has 148 valence electrons. The molecule has 4 nitrogen and oxygen atoms in total. The van der Waals surface area contributed by atoms with Crippen molar-refractivity contribution in [3.05, 3.63) is 93.4 Å². The first-order chi connectivity index (χ1) is 14.1. The molecule has 0 spiro atoms. The Balaban J connectivity index is 1.62. The lowest BCUT2D eigenvalue weighted by atomic mass is 10.1. The van der Waals surface area contributed by atoms with E-state index in [-0.39, 0.29) is 18.3 Å². The van der Waals surface area contributed by atoms with Crippen molar-refractivity contribution in [2.75, 3.05) is 13.1 Å². The van der Waals surface area contributed by atoms with Crippen molar-refractivity contribution in [1.29, 1.82) is 5.26 Å². The zero-order chi connectivity index (χ0) is 20.5. The Kier molecular flexibility index (Phi) is 7.51. The third kappa shape index (κ3) is 6.83. The summed E-state index contributed by atoms with van der Waals surface area (Å²) in [6.45, 7) is 1.78. The molecule has 1 aromatic heterocycles. The van der Waals surface area contributed by atoms with Crippen molar-refractivity contribution in [1.82, 2.24) is 10.2 Å². The number of hydrogen-bond acceptors (Lipinski definition) is 4. The van der Waals surface area contributed by atoms with Crippen molar-refractivity contribution in [3.63, 3.8) is 0 Å². The fraction of sp³-hybridized carbons (Fsp3) is 0.217. The summed E-state index contributed by atoms with van der Waals surface area (Å²) < 4.78 is 13.6. The fourth-order valence-corrected chi connectivity index (χ4v) is 3.75. The Bertz CT molecular complexity index is 965. The highest BCUT2D eigenvalue weighted by molar-refractivity contribution is 7.09. The topological polar surface area (TPSA) is 56.1 Å². The molecule has 3 rings (SSSR count). The van der Waals surface area contributed by atoms with Crippen LogP contribution in [0.2, 0.25) is 0 Å². The molecule has 3 aromatic rings. The van der Waals surface area contributed by atoms with Crippen molar-refractivity contribution in [2.45, 2.75) is 19.5 Å². The van der Waals surface area contributed by atoms with Gasteiger partial charge in [-0.3, -0.25) is 9.69 Å². The molecule has 1 heterocycles. The molecular formula is C23H22FN3OS. The summed E-state index contributed by atoms with van der Waals surface area (Å²) in [6, 6.07) is 19.9. The number of carbonyl (C=O) groups is 1. The maximum absolute atomic E-state index is 13.6. The maximum atomic E-state index is 13.6. The Hall–Kier alpha value is -3.01. The van der Waals surface area contributed by atoms with Gasteiger partial charge in [-0.25, -0.2) is 4.39 Å². The molecule has 0 aliphatic carbocycles. The van der Waals surface area contributed by atoms with Gasteiger partial charge in [0, 0.05) is 24.5 Å². The summed E-state index contributed by atoms with van der Waals surface area (Å²) in [5.74, 6) is -0.354. The zero-order valence-corrected chi connectivity index (χ0v) is 16.8. The highest BCUT2D eigenvalue weighted by Gasteiger charge is 2.13. The third-order valence-electron chi connectivity index (χ3n) is 4.43. The van der Waals surface area contributed by atoms with Crippen LogP contribution in [0.1, 0.15) is 21.6 Å². The molecular weight excluding hydrogens is 385 g/mol. The second kappa shape index (κ2) is 10.5. The highest BCUT2D eigenvalue weighted by Crippen LogP contribution is 2.12. The van der Waals surface area contributed by atoms with Crippen LogP contribution in [-0.4, -0.2) is 23.9 Å². The lowest BCUT2D eigenvalue weighted by Crippen LogP contribution is -2.37. The number of benzene rings is 2. The number of nitrogens with one attached hydrogen (secondary N) is 1. The lowest BCUT2D eigenvalue weighted by Gasteiger charge is -2.22. The van der Waals surface area contributed by atoms with Gasteiger partial charge in [0.25, 0.3) is 0 Å². The molecule has 0 atom stereocenters. The van der Waals surface area contributed by atoms with Crippen molar-refractivity contribution < 1.29 is 9.18 Å². The molecule has 29 heavy (non-hydrogen) atoms. The number of carbonyl (C=O) groups excluding carboxylic acids is 1. The smallest absolute Gasteiger partial charge is 0.234 e. The molecule has 1 N–H and O–H groups in total. The summed E-state index contributed by atoms with van der Waals surface area (Å²) in [4.78, 5) is 15.7. The van der Waals surface area contributed by atoms with Crippen LogP contribution in [0.4, 0.5) is 4.39 Å². The van der Waals surface area contributed by atoms with Crippen molar-refractivity contribution >= 4 is 17.2 Å². The molecule has 6 heteroatoms. The van der Waals surface area contributed by atoms with Crippen molar-refractivity contribution in [2.24, 2.45) is 0 Å². The molecule has 0 radical (unpaired) electrons. The summed E-state index contributed by atoms with van der Waals surface area (Å²) in [5, 5.41) is 13.9. The number of halogens is 1. The molecule has 0 aliphatic rings. The SMILES string of the molecule is N#Cc1ccc(CN(CC(=O)NCCc2cccs2)Cc2cccc(F)c2)cc1. The first-order valence-corrected chi connectivity index (χ1v) is 10.3. The van der Waals surface area contributed by atoms with Gasteiger partial charge >= 0.3 is 0 Å². The van der Waals surface area contributed by atoms with Crippen LogP contribution in [0.15, 0.2) is 66.0 Å². The summed E-state index contributed by atoms with van der Waals surface area (Å²) in [6.07, 6.45) is 0.808. The Labute approximate surface area is 174 Å².